The second kappa shape index (κ2) is 11.6. The second-order valence-corrected chi connectivity index (χ2v) is 8.29. The molecule has 2 aromatic heterocycles. The number of nitrogens with zero attached hydrogens (tertiary/aromatic N) is 2. The fourth-order valence-corrected chi connectivity index (χ4v) is 3.78. The van der Waals surface area contributed by atoms with Crippen LogP contribution in [0.1, 0.15) is 41.0 Å². The Hall–Kier alpha value is -3.49. The number of rotatable bonds is 9. The minimum absolute atomic E-state index is 0.0761. The van der Waals surface area contributed by atoms with Crippen LogP contribution in [0, 0.1) is 6.92 Å². The molecule has 34 heavy (non-hydrogen) atoms. The summed E-state index contributed by atoms with van der Waals surface area (Å²) in [7, 11) is 0. The van der Waals surface area contributed by atoms with Crippen LogP contribution in [-0.4, -0.2) is 21.4 Å². The maximum absolute atomic E-state index is 13.2. The number of aromatic nitrogens is 2. The highest BCUT2D eigenvalue weighted by Crippen LogP contribution is 2.18. The number of ether oxygens (including phenoxy) is 1. The Bertz CT molecular complexity index is 1230. The van der Waals surface area contributed by atoms with Crippen LogP contribution in [0.2, 0.25) is 5.02 Å². The van der Waals surface area contributed by atoms with Gasteiger partial charge in [-0.15, -0.1) is 0 Å². The van der Waals surface area contributed by atoms with E-state index in [0.29, 0.717) is 28.4 Å². The summed E-state index contributed by atoms with van der Waals surface area (Å²) in [4.78, 5) is 41.7. The summed E-state index contributed by atoms with van der Waals surface area (Å²) in [6.07, 6.45) is 2.39. The van der Waals surface area contributed by atoms with E-state index in [4.69, 9.17) is 22.1 Å². The Morgan fingerprint density at radius 1 is 1.21 bits per heavy atom. The molecule has 0 saturated carbocycles. The van der Waals surface area contributed by atoms with E-state index in [2.05, 4.69) is 10.3 Å². The van der Waals surface area contributed by atoms with Gasteiger partial charge in [0.25, 0.3) is 5.56 Å². The number of pyridine rings is 2. The van der Waals surface area contributed by atoms with Crippen molar-refractivity contribution < 1.29 is 14.3 Å². The van der Waals surface area contributed by atoms with E-state index in [-0.39, 0.29) is 31.0 Å². The number of hydrogen-bond acceptors (Lipinski definition) is 6. The van der Waals surface area contributed by atoms with Gasteiger partial charge in [0.2, 0.25) is 5.91 Å². The summed E-state index contributed by atoms with van der Waals surface area (Å²) in [5.74, 6) is -0.782. The summed E-state index contributed by atoms with van der Waals surface area (Å²) in [6.45, 7) is 3.73. The molecule has 2 heterocycles. The molecule has 1 unspecified atom stereocenters. The van der Waals surface area contributed by atoms with Gasteiger partial charge in [-0.05, 0) is 53.9 Å². The van der Waals surface area contributed by atoms with Crippen molar-refractivity contribution in [2.45, 2.75) is 46.0 Å². The summed E-state index contributed by atoms with van der Waals surface area (Å²) in [6, 6.07) is 12.4. The average molecular weight is 483 g/mol. The molecule has 0 saturated heterocycles. The molecule has 1 atom stereocenters. The minimum Gasteiger partial charge on any atom is -0.454 e. The Labute approximate surface area is 202 Å². The van der Waals surface area contributed by atoms with Crippen LogP contribution in [0.15, 0.2) is 59.7 Å². The van der Waals surface area contributed by atoms with E-state index >= 15 is 0 Å². The zero-order valence-corrected chi connectivity index (χ0v) is 19.8. The van der Waals surface area contributed by atoms with Gasteiger partial charge in [0.15, 0.2) is 6.10 Å². The molecule has 0 aliphatic carbocycles. The van der Waals surface area contributed by atoms with Crippen LogP contribution in [0.25, 0.3) is 0 Å². The molecule has 3 aromatic rings. The molecule has 8 nitrogen and oxygen atoms in total. The molecule has 178 valence electrons. The number of amides is 1. The monoisotopic (exact) mass is 482 g/mol. The van der Waals surface area contributed by atoms with Gasteiger partial charge in [-0.1, -0.05) is 23.7 Å². The van der Waals surface area contributed by atoms with Gasteiger partial charge in [-0.2, -0.15) is 0 Å². The smallest absolute Gasteiger partial charge is 0.303 e. The van der Waals surface area contributed by atoms with E-state index in [1.165, 1.54) is 11.5 Å². The number of carbonyl (C=O) groups excluding carboxylic acids is 2. The van der Waals surface area contributed by atoms with Crippen molar-refractivity contribution in [1.29, 1.82) is 0 Å². The highest BCUT2D eigenvalue weighted by molar-refractivity contribution is 6.30. The third-order valence-corrected chi connectivity index (χ3v) is 5.62. The van der Waals surface area contributed by atoms with E-state index < -0.39 is 12.1 Å². The van der Waals surface area contributed by atoms with Gasteiger partial charge in [-0.3, -0.25) is 19.4 Å². The van der Waals surface area contributed by atoms with Crippen molar-refractivity contribution in [1.82, 2.24) is 14.9 Å². The number of benzene rings is 1. The first-order valence-electron chi connectivity index (χ1n) is 10.8. The number of halogens is 1. The van der Waals surface area contributed by atoms with Gasteiger partial charge in [0.05, 0.1) is 18.7 Å². The second-order valence-electron chi connectivity index (χ2n) is 7.86. The van der Waals surface area contributed by atoms with Gasteiger partial charge in [-0.25, -0.2) is 0 Å². The third kappa shape index (κ3) is 6.52. The van der Waals surface area contributed by atoms with Crippen LogP contribution < -0.4 is 16.6 Å². The van der Waals surface area contributed by atoms with E-state index in [1.807, 2.05) is 6.07 Å². The van der Waals surface area contributed by atoms with Crippen LogP contribution in [-0.2, 0) is 40.4 Å². The number of nitrogens with two attached hydrogens (primary N) is 1. The quantitative estimate of drug-likeness (QED) is 0.453. The summed E-state index contributed by atoms with van der Waals surface area (Å²) < 4.78 is 6.84. The molecule has 9 heteroatoms. The number of aryl methyl sites for hydroxylation is 1. The largest absolute Gasteiger partial charge is 0.454 e. The number of esters is 1. The van der Waals surface area contributed by atoms with Gasteiger partial charge < -0.3 is 20.4 Å². The number of hydrogen-bond donors (Lipinski definition) is 2. The molecule has 0 aliphatic heterocycles. The first kappa shape index (κ1) is 25.1. The average Bonchev–Trinajstić information content (AvgIpc) is 2.82. The van der Waals surface area contributed by atoms with Crippen molar-refractivity contribution in [3.05, 3.63) is 98.2 Å². The lowest BCUT2D eigenvalue weighted by Crippen LogP contribution is -2.32. The Kier molecular flexibility index (Phi) is 8.56. The van der Waals surface area contributed by atoms with Crippen molar-refractivity contribution >= 4 is 23.5 Å². The molecule has 1 aromatic carbocycles. The molecule has 0 fully saturated rings. The fourth-order valence-electron chi connectivity index (χ4n) is 3.58. The SMILES string of the molecule is CC(=O)OC(Cn1ccc(C)c(CC(=O)NCc2cc(Cl)ccc2CN)c1=O)c1ccccn1. The molecule has 3 rings (SSSR count). The maximum Gasteiger partial charge on any atom is 0.303 e. The van der Waals surface area contributed by atoms with E-state index in [0.717, 1.165) is 11.1 Å². The molecule has 0 spiro atoms. The first-order chi connectivity index (χ1) is 16.3. The first-order valence-corrected chi connectivity index (χ1v) is 11.2. The number of nitrogens with one attached hydrogen (secondary N) is 1. The van der Waals surface area contributed by atoms with Gasteiger partial charge >= 0.3 is 5.97 Å². The predicted octanol–water partition coefficient (Wildman–Crippen LogP) is 2.83. The highest BCUT2D eigenvalue weighted by Gasteiger charge is 2.19. The summed E-state index contributed by atoms with van der Waals surface area (Å²) in [5, 5.41) is 3.39. The highest BCUT2D eigenvalue weighted by atomic mass is 35.5. The lowest BCUT2D eigenvalue weighted by atomic mass is 10.1. The Balaban J connectivity index is 1.77. The number of carbonyl (C=O) groups is 2. The van der Waals surface area contributed by atoms with E-state index in [9.17, 15) is 14.4 Å². The summed E-state index contributed by atoms with van der Waals surface area (Å²) >= 11 is 6.06. The van der Waals surface area contributed by atoms with E-state index in [1.54, 1.807) is 55.7 Å². The van der Waals surface area contributed by atoms with Crippen LogP contribution in [0.5, 0.6) is 0 Å². The molecular formula is C25H27ClN4O4. The molecule has 0 aliphatic rings. The van der Waals surface area contributed by atoms with Crippen molar-refractivity contribution in [2.24, 2.45) is 5.73 Å². The molecule has 1 amide bonds. The molecule has 0 radical (unpaired) electrons. The maximum atomic E-state index is 13.2. The van der Waals surface area contributed by atoms with Crippen LogP contribution in [0.3, 0.4) is 0 Å². The van der Waals surface area contributed by atoms with Crippen molar-refractivity contribution in [3.8, 4) is 0 Å². The lowest BCUT2D eigenvalue weighted by molar-refractivity contribution is -0.147. The van der Waals surface area contributed by atoms with Gasteiger partial charge in [0, 0.05) is 43.0 Å². The topological polar surface area (TPSA) is 116 Å². The summed E-state index contributed by atoms with van der Waals surface area (Å²) in [5.41, 5.74) is 8.74. The molecule has 3 N–H and O–H groups in total. The normalized spacial score (nSPS) is 11.6. The fraction of sp³-hybridized carbons (Fsp3) is 0.280. The standard InChI is InChI=1S/C25H27ClN4O4/c1-16-8-10-30(15-23(34-17(2)31)22-5-3-4-9-28-22)25(33)21(16)12-24(32)29-14-19-11-20(26)7-6-18(19)13-27/h3-11,23H,12-15,27H2,1-2H3,(H,29,32). The van der Waals surface area contributed by atoms with Crippen LogP contribution >= 0.6 is 11.6 Å². The predicted molar refractivity (Wildman–Crippen MR) is 129 cm³/mol. The van der Waals surface area contributed by atoms with Crippen molar-refractivity contribution in [2.75, 3.05) is 0 Å². The Morgan fingerprint density at radius 2 is 2.00 bits per heavy atom. The van der Waals surface area contributed by atoms with Crippen molar-refractivity contribution in [3.63, 3.8) is 0 Å². The zero-order chi connectivity index (χ0) is 24.7. The zero-order valence-electron chi connectivity index (χ0n) is 19.1. The molecule has 0 bridgehead atoms. The van der Waals surface area contributed by atoms with Crippen LogP contribution in [0.4, 0.5) is 0 Å². The lowest BCUT2D eigenvalue weighted by Gasteiger charge is -2.19. The third-order valence-electron chi connectivity index (χ3n) is 5.39. The van der Waals surface area contributed by atoms with Gasteiger partial charge in [0.1, 0.15) is 0 Å². The minimum atomic E-state index is -0.738. The Morgan fingerprint density at radius 3 is 2.68 bits per heavy atom. The molecular weight excluding hydrogens is 456 g/mol.